The van der Waals surface area contributed by atoms with E-state index in [4.69, 9.17) is 5.73 Å². The smallest absolute Gasteiger partial charge is 0.160 e. The zero-order valence-electron chi connectivity index (χ0n) is 9.68. The van der Waals surface area contributed by atoms with E-state index in [1.54, 1.807) is 6.07 Å². The predicted molar refractivity (Wildman–Crippen MR) is 65.6 cm³/mol. The summed E-state index contributed by atoms with van der Waals surface area (Å²) < 4.78 is 4.67. The van der Waals surface area contributed by atoms with E-state index in [1.807, 2.05) is 13.0 Å². The summed E-state index contributed by atoms with van der Waals surface area (Å²) in [4.78, 5) is 0. The maximum atomic E-state index is 9.45. The van der Waals surface area contributed by atoms with Crippen molar-refractivity contribution < 1.29 is 9.74 Å². The summed E-state index contributed by atoms with van der Waals surface area (Å²) in [5.74, 6) is 0. The van der Waals surface area contributed by atoms with Crippen LogP contribution >= 0.6 is 0 Å². The Balaban J connectivity index is 2.09. The third-order valence-corrected chi connectivity index (χ3v) is 2.71. The van der Waals surface area contributed by atoms with Crippen molar-refractivity contribution >= 4 is 22.4 Å². The highest BCUT2D eigenvalue weighted by Gasteiger charge is 2.09. The van der Waals surface area contributed by atoms with Crippen LogP contribution < -0.4 is 11.1 Å². The van der Waals surface area contributed by atoms with Gasteiger partial charge in [-0.15, -0.1) is 0 Å². The summed E-state index contributed by atoms with van der Waals surface area (Å²) in [5.41, 5.74) is 8.28. The molecule has 1 heterocycles. The molecule has 0 saturated carbocycles. The molecule has 1 aromatic heterocycles. The minimum atomic E-state index is -0.276. The van der Waals surface area contributed by atoms with Crippen molar-refractivity contribution in [3.05, 3.63) is 12.1 Å². The average Bonchev–Trinajstić information content (AvgIpc) is 2.82. The van der Waals surface area contributed by atoms with E-state index in [0.29, 0.717) is 29.7 Å². The summed E-state index contributed by atoms with van der Waals surface area (Å²) in [6, 6.07) is 3.59. The number of nitrogen functional groups attached to an aromatic ring is 1. The van der Waals surface area contributed by atoms with Crippen molar-refractivity contribution in [1.29, 1.82) is 0 Å². The fourth-order valence-electron chi connectivity index (χ4n) is 1.61. The van der Waals surface area contributed by atoms with Gasteiger partial charge in [-0.05, 0) is 35.3 Å². The first-order chi connectivity index (χ1) is 8.22. The zero-order valence-corrected chi connectivity index (χ0v) is 9.68. The maximum absolute atomic E-state index is 9.45. The van der Waals surface area contributed by atoms with E-state index in [9.17, 15) is 5.11 Å². The molecule has 0 amide bonds. The van der Waals surface area contributed by atoms with E-state index < -0.39 is 0 Å². The Kier molecular flexibility index (Phi) is 3.43. The molecule has 2 rings (SSSR count). The average molecular weight is 236 g/mol. The molecule has 4 N–H and O–H groups in total. The lowest BCUT2D eigenvalue weighted by atomic mass is 10.2. The first-order valence-electron chi connectivity index (χ1n) is 5.65. The van der Waals surface area contributed by atoms with Crippen LogP contribution in [-0.2, 0) is 0 Å². The van der Waals surface area contributed by atoms with E-state index in [0.717, 1.165) is 12.1 Å². The van der Waals surface area contributed by atoms with Crippen LogP contribution in [0.15, 0.2) is 16.8 Å². The fraction of sp³-hybridized carbons (Fsp3) is 0.455. The summed E-state index contributed by atoms with van der Waals surface area (Å²) in [6.45, 7) is 2.62. The first-order valence-corrected chi connectivity index (χ1v) is 5.65. The van der Waals surface area contributed by atoms with Gasteiger partial charge in [0.1, 0.15) is 0 Å². The number of aliphatic hydroxyl groups is 1. The molecule has 6 heteroatoms. The Bertz CT molecular complexity index is 497. The molecule has 92 valence electrons. The molecule has 1 aromatic carbocycles. The van der Waals surface area contributed by atoms with Gasteiger partial charge in [-0.25, -0.2) is 4.63 Å². The fourth-order valence-corrected chi connectivity index (χ4v) is 1.61. The van der Waals surface area contributed by atoms with Gasteiger partial charge in [0, 0.05) is 6.54 Å². The summed E-state index contributed by atoms with van der Waals surface area (Å²) in [5, 5.41) is 20.2. The van der Waals surface area contributed by atoms with Crippen LogP contribution in [0.2, 0.25) is 0 Å². The van der Waals surface area contributed by atoms with Crippen LogP contribution in [0.5, 0.6) is 0 Å². The number of aromatic nitrogens is 2. The molecule has 0 aliphatic carbocycles. The Morgan fingerprint density at radius 2 is 2.18 bits per heavy atom. The molecule has 0 spiro atoms. The second-order valence-electron chi connectivity index (χ2n) is 3.94. The molecule has 1 unspecified atom stereocenters. The molecule has 6 nitrogen and oxygen atoms in total. The highest BCUT2D eigenvalue weighted by atomic mass is 16.6. The van der Waals surface area contributed by atoms with Crippen molar-refractivity contribution in [1.82, 2.24) is 10.3 Å². The zero-order chi connectivity index (χ0) is 12.3. The van der Waals surface area contributed by atoms with Gasteiger partial charge in [0.05, 0.1) is 17.5 Å². The number of hydrogen-bond acceptors (Lipinski definition) is 6. The number of nitrogens with two attached hydrogens (primary N) is 1. The normalized spacial score (nSPS) is 12.8. The van der Waals surface area contributed by atoms with Crippen molar-refractivity contribution in [3.8, 4) is 0 Å². The van der Waals surface area contributed by atoms with Crippen LogP contribution in [-0.4, -0.2) is 28.1 Å². The number of anilines is 2. The third kappa shape index (κ3) is 2.47. The first kappa shape index (κ1) is 11.7. The van der Waals surface area contributed by atoms with E-state index in [1.165, 1.54) is 0 Å². The molecular weight excluding hydrogens is 220 g/mol. The topological polar surface area (TPSA) is 97.2 Å². The molecule has 0 aliphatic heterocycles. The SMILES string of the molecule is CCC(O)CCNc1ccc(N)c2nonc12. The van der Waals surface area contributed by atoms with Crippen LogP contribution in [0.4, 0.5) is 11.4 Å². The molecule has 0 radical (unpaired) electrons. The third-order valence-electron chi connectivity index (χ3n) is 2.71. The highest BCUT2D eigenvalue weighted by Crippen LogP contribution is 2.24. The van der Waals surface area contributed by atoms with Gasteiger partial charge in [-0.1, -0.05) is 6.92 Å². The second-order valence-corrected chi connectivity index (χ2v) is 3.94. The molecule has 0 saturated heterocycles. The van der Waals surface area contributed by atoms with Crippen molar-refractivity contribution in [3.63, 3.8) is 0 Å². The monoisotopic (exact) mass is 236 g/mol. The standard InChI is InChI=1S/C11H16N4O2/c1-2-7(16)5-6-13-9-4-3-8(12)10-11(9)15-17-14-10/h3-4,7,13,16H,2,5-6,12H2,1H3. The van der Waals surface area contributed by atoms with E-state index >= 15 is 0 Å². The summed E-state index contributed by atoms with van der Waals surface area (Å²) in [7, 11) is 0. The van der Waals surface area contributed by atoms with Gasteiger partial charge in [-0.3, -0.25) is 0 Å². The van der Waals surface area contributed by atoms with Crippen LogP contribution in [0.25, 0.3) is 11.0 Å². The number of hydrogen-bond donors (Lipinski definition) is 3. The molecule has 1 atom stereocenters. The number of aliphatic hydroxyl groups excluding tert-OH is 1. The Morgan fingerprint density at radius 1 is 1.41 bits per heavy atom. The van der Waals surface area contributed by atoms with Gasteiger partial charge >= 0.3 is 0 Å². The lowest BCUT2D eigenvalue weighted by Gasteiger charge is -2.10. The molecule has 0 fully saturated rings. The molecular formula is C11H16N4O2. The van der Waals surface area contributed by atoms with Gasteiger partial charge in [0.2, 0.25) is 0 Å². The van der Waals surface area contributed by atoms with Gasteiger partial charge in [0.15, 0.2) is 11.0 Å². The lowest BCUT2D eigenvalue weighted by Crippen LogP contribution is -2.12. The molecule has 0 aliphatic rings. The lowest BCUT2D eigenvalue weighted by molar-refractivity contribution is 0.164. The minimum Gasteiger partial charge on any atom is -0.397 e. The Hall–Kier alpha value is -1.82. The molecule has 0 bridgehead atoms. The van der Waals surface area contributed by atoms with Crippen molar-refractivity contribution in [2.45, 2.75) is 25.9 Å². The Morgan fingerprint density at radius 3 is 2.94 bits per heavy atom. The van der Waals surface area contributed by atoms with Crippen LogP contribution in [0.3, 0.4) is 0 Å². The van der Waals surface area contributed by atoms with Crippen molar-refractivity contribution in [2.24, 2.45) is 0 Å². The largest absolute Gasteiger partial charge is 0.397 e. The van der Waals surface area contributed by atoms with Crippen LogP contribution in [0, 0.1) is 0 Å². The Labute approximate surface area is 98.8 Å². The number of fused-ring (bicyclic) bond motifs is 1. The quantitative estimate of drug-likeness (QED) is 0.678. The van der Waals surface area contributed by atoms with E-state index in [2.05, 4.69) is 20.3 Å². The predicted octanol–water partition coefficient (Wildman–Crippen LogP) is 1.38. The second kappa shape index (κ2) is 5.01. The molecule has 17 heavy (non-hydrogen) atoms. The van der Waals surface area contributed by atoms with Crippen molar-refractivity contribution in [2.75, 3.05) is 17.6 Å². The number of nitrogens with one attached hydrogen (secondary N) is 1. The van der Waals surface area contributed by atoms with E-state index in [-0.39, 0.29) is 6.10 Å². The van der Waals surface area contributed by atoms with Crippen LogP contribution in [0.1, 0.15) is 19.8 Å². The number of benzene rings is 1. The summed E-state index contributed by atoms with van der Waals surface area (Å²) >= 11 is 0. The number of nitrogens with zero attached hydrogens (tertiary/aromatic N) is 2. The van der Waals surface area contributed by atoms with Gasteiger partial charge in [0.25, 0.3) is 0 Å². The number of rotatable bonds is 5. The molecule has 2 aromatic rings. The minimum absolute atomic E-state index is 0.276. The maximum Gasteiger partial charge on any atom is 0.160 e. The highest BCUT2D eigenvalue weighted by molar-refractivity contribution is 5.94. The summed E-state index contributed by atoms with van der Waals surface area (Å²) in [6.07, 6.45) is 1.17. The van der Waals surface area contributed by atoms with Gasteiger partial charge < -0.3 is 16.2 Å². The van der Waals surface area contributed by atoms with Gasteiger partial charge in [-0.2, -0.15) is 0 Å².